The van der Waals surface area contributed by atoms with Crippen LogP contribution < -0.4 is 5.32 Å². The van der Waals surface area contributed by atoms with Gasteiger partial charge in [-0.25, -0.2) is 0 Å². The van der Waals surface area contributed by atoms with Crippen LogP contribution in [0.4, 0.5) is 0 Å². The fourth-order valence-electron chi connectivity index (χ4n) is 2.44. The third kappa shape index (κ3) is 5.18. The Morgan fingerprint density at radius 2 is 2.17 bits per heavy atom. The zero-order valence-electron chi connectivity index (χ0n) is 15.1. The average Bonchev–Trinajstić information content (AvgIpc) is 3.05. The van der Waals surface area contributed by atoms with Crippen LogP contribution in [-0.2, 0) is 20.1 Å². The molecule has 2 aromatic heterocycles. The second kappa shape index (κ2) is 9.00. The Morgan fingerprint density at radius 3 is 2.71 bits per heavy atom. The molecule has 0 spiro atoms. The number of halogens is 1. The molecule has 2 rings (SSSR count). The number of aryl methyl sites for hydroxylation is 2. The molecule has 0 saturated heterocycles. The van der Waals surface area contributed by atoms with E-state index >= 15 is 0 Å². The zero-order valence-corrected chi connectivity index (χ0v) is 17.4. The van der Waals surface area contributed by atoms with Gasteiger partial charge in [-0.05, 0) is 12.8 Å². The quantitative estimate of drug-likeness (QED) is 0.429. The van der Waals surface area contributed by atoms with Crippen LogP contribution in [0, 0.1) is 6.92 Å². The summed E-state index contributed by atoms with van der Waals surface area (Å²) in [6.45, 7) is 7.27. The molecule has 0 amide bonds. The van der Waals surface area contributed by atoms with Gasteiger partial charge in [-0.15, -0.1) is 24.0 Å². The second-order valence-electron chi connectivity index (χ2n) is 5.86. The Bertz CT molecular complexity index is 677. The van der Waals surface area contributed by atoms with Crippen molar-refractivity contribution in [3.63, 3.8) is 0 Å². The monoisotopic (exact) mass is 447 g/mol. The summed E-state index contributed by atoms with van der Waals surface area (Å²) in [5.41, 5.74) is 2.31. The number of aromatic nitrogens is 4. The highest BCUT2D eigenvalue weighted by molar-refractivity contribution is 14.0. The molecule has 0 aromatic carbocycles. The summed E-state index contributed by atoms with van der Waals surface area (Å²) in [5.74, 6) is 2.32. The van der Waals surface area contributed by atoms with Crippen LogP contribution in [0.5, 0.6) is 0 Å². The maximum atomic E-state index is 5.10. The third-order valence-corrected chi connectivity index (χ3v) is 3.43. The Balaban J connectivity index is 0.00000288. The van der Waals surface area contributed by atoms with Crippen molar-refractivity contribution in [1.82, 2.24) is 30.1 Å². The minimum absolute atomic E-state index is 0. The first-order valence-electron chi connectivity index (χ1n) is 7.64. The van der Waals surface area contributed by atoms with Crippen LogP contribution in [0.3, 0.4) is 0 Å². The highest BCUT2D eigenvalue weighted by Crippen LogP contribution is 2.18. The Morgan fingerprint density at radius 1 is 1.46 bits per heavy atom. The Hall–Kier alpha value is -1.65. The topological polar surface area (TPSA) is 84.4 Å². The van der Waals surface area contributed by atoms with Gasteiger partial charge in [-0.2, -0.15) is 10.1 Å². The smallest absolute Gasteiger partial charge is 0.246 e. The van der Waals surface area contributed by atoms with E-state index in [2.05, 4.69) is 45.6 Å². The van der Waals surface area contributed by atoms with E-state index in [1.807, 2.05) is 23.7 Å². The number of guanidine groups is 1. The van der Waals surface area contributed by atoms with E-state index in [0.29, 0.717) is 24.2 Å². The predicted octanol–water partition coefficient (Wildman–Crippen LogP) is 2.06. The maximum absolute atomic E-state index is 5.10. The van der Waals surface area contributed by atoms with E-state index in [4.69, 9.17) is 4.52 Å². The second-order valence-corrected chi connectivity index (χ2v) is 5.86. The summed E-state index contributed by atoms with van der Waals surface area (Å²) < 4.78 is 6.96. The van der Waals surface area contributed by atoms with Crippen molar-refractivity contribution >= 4 is 29.9 Å². The van der Waals surface area contributed by atoms with Crippen LogP contribution in [0.2, 0.25) is 0 Å². The summed E-state index contributed by atoms with van der Waals surface area (Å²) in [6.07, 6.45) is 2.06. The molecule has 8 nitrogen and oxygen atoms in total. The molecule has 2 heterocycles. The first kappa shape index (κ1) is 20.4. The minimum atomic E-state index is 0. The summed E-state index contributed by atoms with van der Waals surface area (Å²) in [6, 6.07) is 0. The summed E-state index contributed by atoms with van der Waals surface area (Å²) >= 11 is 0. The van der Waals surface area contributed by atoms with Crippen LogP contribution in [0.15, 0.2) is 15.7 Å². The normalized spacial score (nSPS) is 11.5. The van der Waals surface area contributed by atoms with Gasteiger partial charge in [0.25, 0.3) is 0 Å². The van der Waals surface area contributed by atoms with Crippen molar-refractivity contribution in [3.05, 3.63) is 29.2 Å². The van der Waals surface area contributed by atoms with Gasteiger partial charge in [0.15, 0.2) is 11.8 Å². The standard InChI is InChI=1S/C15H25N7O.HI/c1-10(2)14-12(9-22(6)19-14)8-21(5)15(16-4)17-7-13-18-11(3)20-23-13;/h9-10H,7-8H2,1-6H3,(H,16,17);1H. The van der Waals surface area contributed by atoms with E-state index in [1.54, 1.807) is 14.0 Å². The van der Waals surface area contributed by atoms with E-state index < -0.39 is 0 Å². The van der Waals surface area contributed by atoms with E-state index in [9.17, 15) is 0 Å². The molecule has 0 saturated carbocycles. The van der Waals surface area contributed by atoms with Gasteiger partial charge in [0.1, 0.15) is 0 Å². The van der Waals surface area contributed by atoms with Crippen molar-refractivity contribution in [2.75, 3.05) is 14.1 Å². The van der Waals surface area contributed by atoms with Crippen molar-refractivity contribution in [2.24, 2.45) is 12.0 Å². The Kier molecular flexibility index (Phi) is 7.64. The molecule has 0 bridgehead atoms. The van der Waals surface area contributed by atoms with Gasteiger partial charge >= 0.3 is 0 Å². The summed E-state index contributed by atoms with van der Waals surface area (Å²) in [7, 11) is 5.69. The third-order valence-electron chi connectivity index (χ3n) is 3.43. The van der Waals surface area contributed by atoms with E-state index in [-0.39, 0.29) is 24.0 Å². The summed E-state index contributed by atoms with van der Waals surface area (Å²) in [5, 5.41) is 11.5. The lowest BCUT2D eigenvalue weighted by Gasteiger charge is -2.21. The number of nitrogens with one attached hydrogen (secondary N) is 1. The first-order chi connectivity index (χ1) is 10.9. The Labute approximate surface area is 159 Å². The van der Waals surface area contributed by atoms with E-state index in [1.165, 1.54) is 5.56 Å². The lowest BCUT2D eigenvalue weighted by Crippen LogP contribution is -2.38. The number of hydrogen-bond acceptors (Lipinski definition) is 5. The van der Waals surface area contributed by atoms with Gasteiger partial charge in [0.2, 0.25) is 5.89 Å². The van der Waals surface area contributed by atoms with Gasteiger partial charge in [-0.3, -0.25) is 9.67 Å². The van der Waals surface area contributed by atoms with E-state index in [0.717, 1.165) is 18.2 Å². The highest BCUT2D eigenvalue weighted by atomic mass is 127. The van der Waals surface area contributed by atoms with Crippen molar-refractivity contribution in [2.45, 2.75) is 39.8 Å². The average molecular weight is 447 g/mol. The minimum Gasteiger partial charge on any atom is -0.347 e. The van der Waals surface area contributed by atoms with Crippen LogP contribution in [-0.4, -0.2) is 44.9 Å². The summed E-state index contributed by atoms with van der Waals surface area (Å²) in [4.78, 5) is 10.5. The van der Waals surface area contributed by atoms with Crippen molar-refractivity contribution in [3.8, 4) is 0 Å². The molecule has 0 aliphatic carbocycles. The number of hydrogen-bond donors (Lipinski definition) is 1. The zero-order chi connectivity index (χ0) is 17.0. The maximum Gasteiger partial charge on any atom is 0.246 e. The molecule has 24 heavy (non-hydrogen) atoms. The fraction of sp³-hybridized carbons (Fsp3) is 0.600. The molecule has 0 fully saturated rings. The van der Waals surface area contributed by atoms with Crippen LogP contribution >= 0.6 is 24.0 Å². The molecule has 1 N–H and O–H groups in total. The molecule has 9 heteroatoms. The molecule has 0 radical (unpaired) electrons. The van der Waals surface area contributed by atoms with Gasteiger partial charge in [0, 0.05) is 39.4 Å². The molecule has 0 aliphatic rings. The molecule has 0 atom stereocenters. The lowest BCUT2D eigenvalue weighted by atomic mass is 10.1. The van der Waals surface area contributed by atoms with Gasteiger partial charge < -0.3 is 14.7 Å². The lowest BCUT2D eigenvalue weighted by molar-refractivity contribution is 0.368. The molecule has 2 aromatic rings. The molecular weight excluding hydrogens is 421 g/mol. The first-order valence-corrected chi connectivity index (χ1v) is 7.64. The fourth-order valence-corrected chi connectivity index (χ4v) is 2.44. The van der Waals surface area contributed by atoms with Crippen LogP contribution in [0.1, 0.15) is 42.7 Å². The largest absolute Gasteiger partial charge is 0.347 e. The molecular formula is C15H26IN7O. The number of aliphatic imine (C=N–C) groups is 1. The van der Waals surface area contributed by atoms with Gasteiger partial charge in [0.05, 0.1) is 12.2 Å². The van der Waals surface area contributed by atoms with Crippen molar-refractivity contribution < 1.29 is 4.52 Å². The highest BCUT2D eigenvalue weighted by Gasteiger charge is 2.15. The predicted molar refractivity (Wildman–Crippen MR) is 103 cm³/mol. The molecule has 0 unspecified atom stereocenters. The van der Waals surface area contributed by atoms with Gasteiger partial charge in [-0.1, -0.05) is 19.0 Å². The molecule has 0 aliphatic heterocycles. The number of rotatable bonds is 5. The van der Waals surface area contributed by atoms with Crippen molar-refractivity contribution in [1.29, 1.82) is 0 Å². The van der Waals surface area contributed by atoms with Crippen LogP contribution in [0.25, 0.3) is 0 Å². The SMILES string of the molecule is CN=C(NCc1nc(C)no1)N(C)Cc1cn(C)nc1C(C)C.I. The molecule has 134 valence electrons. The number of nitrogens with zero attached hydrogens (tertiary/aromatic N) is 6.